The Morgan fingerprint density at radius 3 is 2.57 bits per heavy atom. The number of hydrogen-bond acceptors (Lipinski definition) is 1. The van der Waals surface area contributed by atoms with Crippen molar-refractivity contribution in [1.82, 2.24) is 0 Å². The van der Waals surface area contributed by atoms with Gasteiger partial charge in [-0.1, -0.05) is 44.0 Å². The Kier molecular flexibility index (Phi) is 5.56. The fourth-order valence-corrected chi connectivity index (χ4v) is 2.81. The molecule has 0 aliphatic rings. The van der Waals surface area contributed by atoms with Crippen molar-refractivity contribution >= 4 is 31.9 Å². The standard InChI is InChI=1S/C11H14Br2O/c1-14-11-4-2-3-9(6-11)5-10(7-12)8-13/h2-4,6,10H,5,7-8H2,1H3. The maximum absolute atomic E-state index is 5.18. The first kappa shape index (κ1) is 12.1. The van der Waals surface area contributed by atoms with Gasteiger partial charge in [-0.25, -0.2) is 0 Å². The number of alkyl halides is 2. The predicted octanol–water partition coefficient (Wildman–Crippen LogP) is 3.64. The zero-order valence-corrected chi connectivity index (χ0v) is 11.3. The maximum atomic E-state index is 5.18. The van der Waals surface area contributed by atoms with Crippen molar-refractivity contribution in [1.29, 1.82) is 0 Å². The van der Waals surface area contributed by atoms with E-state index in [0.717, 1.165) is 22.8 Å². The molecule has 1 nitrogen and oxygen atoms in total. The van der Waals surface area contributed by atoms with Gasteiger partial charge in [0, 0.05) is 10.7 Å². The van der Waals surface area contributed by atoms with E-state index in [1.165, 1.54) is 5.56 Å². The van der Waals surface area contributed by atoms with Crippen LogP contribution in [0.15, 0.2) is 24.3 Å². The Morgan fingerprint density at radius 1 is 1.29 bits per heavy atom. The Balaban J connectivity index is 2.65. The van der Waals surface area contributed by atoms with E-state index >= 15 is 0 Å². The van der Waals surface area contributed by atoms with E-state index in [1.54, 1.807) is 7.11 Å². The summed E-state index contributed by atoms with van der Waals surface area (Å²) in [5.74, 6) is 1.58. The van der Waals surface area contributed by atoms with E-state index in [2.05, 4.69) is 44.0 Å². The van der Waals surface area contributed by atoms with E-state index in [0.29, 0.717) is 5.92 Å². The van der Waals surface area contributed by atoms with Gasteiger partial charge in [-0.05, 0) is 30.0 Å². The van der Waals surface area contributed by atoms with Crippen molar-refractivity contribution in [3.8, 4) is 5.75 Å². The SMILES string of the molecule is COc1cccc(CC(CBr)CBr)c1. The van der Waals surface area contributed by atoms with Crippen LogP contribution in [0.25, 0.3) is 0 Å². The van der Waals surface area contributed by atoms with Crippen LogP contribution >= 0.6 is 31.9 Å². The molecule has 0 unspecified atom stereocenters. The molecule has 1 aromatic rings. The second kappa shape index (κ2) is 6.46. The topological polar surface area (TPSA) is 9.23 Å². The quantitative estimate of drug-likeness (QED) is 0.752. The highest BCUT2D eigenvalue weighted by Crippen LogP contribution is 2.18. The number of halogens is 2. The smallest absolute Gasteiger partial charge is 0.119 e. The lowest BCUT2D eigenvalue weighted by atomic mass is 10.0. The summed E-state index contributed by atoms with van der Waals surface area (Å²) in [7, 11) is 1.70. The lowest BCUT2D eigenvalue weighted by molar-refractivity contribution is 0.414. The van der Waals surface area contributed by atoms with Crippen LogP contribution < -0.4 is 4.74 Å². The number of benzene rings is 1. The third-order valence-corrected chi connectivity index (χ3v) is 3.93. The van der Waals surface area contributed by atoms with Gasteiger partial charge >= 0.3 is 0 Å². The third kappa shape index (κ3) is 3.62. The van der Waals surface area contributed by atoms with Gasteiger partial charge in [0.2, 0.25) is 0 Å². The Morgan fingerprint density at radius 2 is 2.00 bits per heavy atom. The predicted molar refractivity (Wildman–Crippen MR) is 67.8 cm³/mol. The van der Waals surface area contributed by atoms with E-state index in [4.69, 9.17) is 4.74 Å². The molecule has 0 saturated carbocycles. The summed E-state index contributed by atoms with van der Waals surface area (Å²) in [4.78, 5) is 0. The first-order chi connectivity index (χ1) is 6.80. The lowest BCUT2D eigenvalue weighted by Gasteiger charge is -2.10. The summed E-state index contributed by atoms with van der Waals surface area (Å²) in [5, 5.41) is 2.05. The molecule has 0 bridgehead atoms. The molecule has 3 heteroatoms. The van der Waals surface area contributed by atoms with Gasteiger partial charge in [0.05, 0.1) is 7.11 Å². The van der Waals surface area contributed by atoms with Crippen molar-refractivity contribution < 1.29 is 4.74 Å². The van der Waals surface area contributed by atoms with Gasteiger partial charge in [0.15, 0.2) is 0 Å². The van der Waals surface area contributed by atoms with Crippen LogP contribution in [-0.2, 0) is 6.42 Å². The Hall–Kier alpha value is -0.0200. The highest BCUT2D eigenvalue weighted by molar-refractivity contribution is 9.09. The molecule has 0 aliphatic heterocycles. The highest BCUT2D eigenvalue weighted by Gasteiger charge is 2.06. The average Bonchev–Trinajstić information content (AvgIpc) is 2.26. The molecule has 0 atom stereocenters. The molecule has 1 rings (SSSR count). The van der Waals surface area contributed by atoms with E-state index in [-0.39, 0.29) is 0 Å². The summed E-state index contributed by atoms with van der Waals surface area (Å²) in [5.41, 5.74) is 1.33. The summed E-state index contributed by atoms with van der Waals surface area (Å²) in [6.07, 6.45) is 1.08. The zero-order valence-electron chi connectivity index (χ0n) is 8.17. The summed E-state index contributed by atoms with van der Waals surface area (Å²) >= 11 is 7.02. The molecule has 0 spiro atoms. The molecule has 78 valence electrons. The first-order valence-electron chi connectivity index (χ1n) is 4.55. The van der Waals surface area contributed by atoms with Gasteiger partial charge in [-0.2, -0.15) is 0 Å². The number of rotatable bonds is 5. The highest BCUT2D eigenvalue weighted by atomic mass is 79.9. The second-order valence-electron chi connectivity index (χ2n) is 3.23. The van der Waals surface area contributed by atoms with E-state index < -0.39 is 0 Å². The molecule has 0 saturated heterocycles. The number of methoxy groups -OCH3 is 1. The second-order valence-corrected chi connectivity index (χ2v) is 4.53. The molecular formula is C11H14Br2O. The fraction of sp³-hybridized carbons (Fsp3) is 0.455. The van der Waals surface area contributed by atoms with Crippen LogP contribution in [0.4, 0.5) is 0 Å². The fourth-order valence-electron chi connectivity index (χ4n) is 1.28. The minimum absolute atomic E-state index is 0.641. The molecular weight excluding hydrogens is 308 g/mol. The number of hydrogen-bond donors (Lipinski definition) is 0. The lowest BCUT2D eigenvalue weighted by Crippen LogP contribution is -2.07. The molecule has 0 fully saturated rings. The molecule has 0 aliphatic carbocycles. The molecule has 0 radical (unpaired) electrons. The van der Waals surface area contributed by atoms with E-state index in [1.807, 2.05) is 12.1 Å². The van der Waals surface area contributed by atoms with Crippen LogP contribution in [-0.4, -0.2) is 17.8 Å². The van der Waals surface area contributed by atoms with E-state index in [9.17, 15) is 0 Å². The zero-order chi connectivity index (χ0) is 10.4. The normalized spacial score (nSPS) is 10.6. The van der Waals surface area contributed by atoms with Gasteiger partial charge in [-0.15, -0.1) is 0 Å². The van der Waals surface area contributed by atoms with Crippen LogP contribution in [0, 0.1) is 5.92 Å². The summed E-state index contributed by atoms with van der Waals surface area (Å²) in [6.45, 7) is 0. The van der Waals surface area contributed by atoms with Gasteiger partial charge in [0.1, 0.15) is 5.75 Å². The van der Waals surface area contributed by atoms with Crippen molar-refractivity contribution in [3.05, 3.63) is 29.8 Å². The molecule has 0 aromatic heterocycles. The van der Waals surface area contributed by atoms with Gasteiger partial charge in [-0.3, -0.25) is 0 Å². The van der Waals surface area contributed by atoms with Crippen molar-refractivity contribution in [2.75, 3.05) is 17.8 Å². The number of ether oxygens (including phenoxy) is 1. The molecule has 1 aromatic carbocycles. The first-order valence-corrected chi connectivity index (χ1v) is 6.79. The van der Waals surface area contributed by atoms with Crippen LogP contribution in [0.5, 0.6) is 5.75 Å². The Labute approximate surface area is 102 Å². The summed E-state index contributed by atoms with van der Waals surface area (Å²) in [6, 6.07) is 8.24. The summed E-state index contributed by atoms with van der Waals surface area (Å²) < 4.78 is 5.18. The van der Waals surface area contributed by atoms with Crippen LogP contribution in [0.3, 0.4) is 0 Å². The Bertz CT molecular complexity index is 272. The van der Waals surface area contributed by atoms with Crippen molar-refractivity contribution in [2.45, 2.75) is 6.42 Å². The molecule has 14 heavy (non-hydrogen) atoms. The third-order valence-electron chi connectivity index (χ3n) is 2.09. The monoisotopic (exact) mass is 320 g/mol. The van der Waals surface area contributed by atoms with Crippen LogP contribution in [0.2, 0.25) is 0 Å². The molecule has 0 amide bonds. The van der Waals surface area contributed by atoms with Crippen molar-refractivity contribution in [2.24, 2.45) is 5.92 Å². The largest absolute Gasteiger partial charge is 0.497 e. The molecule has 0 heterocycles. The van der Waals surface area contributed by atoms with Crippen LogP contribution in [0.1, 0.15) is 5.56 Å². The van der Waals surface area contributed by atoms with Crippen molar-refractivity contribution in [3.63, 3.8) is 0 Å². The maximum Gasteiger partial charge on any atom is 0.119 e. The minimum Gasteiger partial charge on any atom is -0.497 e. The van der Waals surface area contributed by atoms with Gasteiger partial charge < -0.3 is 4.74 Å². The minimum atomic E-state index is 0.641. The molecule has 0 N–H and O–H groups in total. The average molecular weight is 322 g/mol. The van der Waals surface area contributed by atoms with Gasteiger partial charge in [0.25, 0.3) is 0 Å².